The minimum absolute atomic E-state index is 0.0222. The maximum absolute atomic E-state index is 13.7. The summed E-state index contributed by atoms with van der Waals surface area (Å²) in [6.45, 7) is 7.90. The summed E-state index contributed by atoms with van der Waals surface area (Å²) in [5, 5.41) is 11.8. The highest BCUT2D eigenvalue weighted by Gasteiger charge is 2.45. The average Bonchev–Trinajstić information content (AvgIpc) is 3.33. The van der Waals surface area contributed by atoms with Crippen molar-refractivity contribution in [3.05, 3.63) is 80.5 Å². The van der Waals surface area contributed by atoms with E-state index < -0.39 is 23.5 Å². The molecule has 0 aliphatic carbocycles. The van der Waals surface area contributed by atoms with Gasteiger partial charge in [0.15, 0.2) is 17.3 Å². The number of rotatable bonds is 8. The number of hydrogen-bond donors (Lipinski definition) is 1. The van der Waals surface area contributed by atoms with Gasteiger partial charge in [-0.3, -0.25) is 14.5 Å². The highest BCUT2D eigenvalue weighted by Crippen LogP contribution is 2.44. The molecule has 8 heteroatoms. The van der Waals surface area contributed by atoms with Gasteiger partial charge in [-0.2, -0.15) is 0 Å². The lowest BCUT2D eigenvalue weighted by atomic mass is 9.94. The molecular weight excluding hydrogens is 464 g/mol. The number of amides is 1. The molecule has 1 unspecified atom stereocenters. The van der Waals surface area contributed by atoms with E-state index in [9.17, 15) is 14.7 Å². The number of ether oxygens (including phenoxy) is 2. The molecule has 182 valence electrons. The summed E-state index contributed by atoms with van der Waals surface area (Å²) in [5.74, 6) is -0.572. The number of carbonyl (C=O) groups excluding carboxylic acids is 2. The summed E-state index contributed by atoms with van der Waals surface area (Å²) < 4.78 is 11.2. The van der Waals surface area contributed by atoms with Gasteiger partial charge in [0.1, 0.15) is 0 Å². The first-order valence-corrected chi connectivity index (χ1v) is 12.3. The van der Waals surface area contributed by atoms with Crippen molar-refractivity contribution in [2.24, 2.45) is 0 Å². The van der Waals surface area contributed by atoms with E-state index in [1.54, 1.807) is 32.2 Å². The zero-order valence-electron chi connectivity index (χ0n) is 20.4. The topological polar surface area (TPSA) is 89.0 Å². The summed E-state index contributed by atoms with van der Waals surface area (Å²) in [4.78, 5) is 33.4. The fourth-order valence-electron chi connectivity index (χ4n) is 4.31. The van der Waals surface area contributed by atoms with Crippen molar-refractivity contribution in [3.8, 4) is 11.5 Å². The Kier molecular flexibility index (Phi) is 6.93. The van der Waals surface area contributed by atoms with Gasteiger partial charge in [0, 0.05) is 5.69 Å². The van der Waals surface area contributed by atoms with Crippen LogP contribution in [0.1, 0.15) is 51.4 Å². The summed E-state index contributed by atoms with van der Waals surface area (Å²) in [6.07, 6.45) is 0.852. The number of hydrogen-bond acceptors (Lipinski definition) is 7. The van der Waals surface area contributed by atoms with Crippen LogP contribution >= 0.6 is 11.3 Å². The zero-order chi connectivity index (χ0) is 25.3. The predicted molar refractivity (Wildman–Crippen MR) is 136 cm³/mol. The highest BCUT2D eigenvalue weighted by atomic mass is 32.1. The number of benzene rings is 2. The Hall–Kier alpha value is -3.65. The van der Waals surface area contributed by atoms with Gasteiger partial charge in [-0.25, -0.2) is 4.98 Å². The first-order valence-electron chi connectivity index (χ1n) is 11.5. The Morgan fingerprint density at radius 1 is 1.11 bits per heavy atom. The third-order valence-corrected chi connectivity index (χ3v) is 7.06. The van der Waals surface area contributed by atoms with E-state index in [1.807, 2.05) is 38.1 Å². The van der Waals surface area contributed by atoms with E-state index in [1.165, 1.54) is 16.2 Å². The Morgan fingerprint density at radius 2 is 1.83 bits per heavy atom. The number of carbonyl (C=O) groups is 2. The van der Waals surface area contributed by atoms with Gasteiger partial charge >= 0.3 is 0 Å². The first kappa shape index (κ1) is 24.5. The average molecular weight is 493 g/mol. The number of Topliss-reactive ketones (excluding diaryl/α,β-unsaturated/α-hetero) is 1. The predicted octanol–water partition coefficient (Wildman–Crippen LogP) is 5.51. The molecule has 0 saturated carbocycles. The normalized spacial score (nSPS) is 15.6. The molecule has 2 heterocycles. The fraction of sp³-hybridized carbons (Fsp3) is 0.296. The van der Waals surface area contributed by atoms with Crippen molar-refractivity contribution < 1.29 is 24.2 Å². The van der Waals surface area contributed by atoms with Crippen molar-refractivity contribution in [1.82, 2.24) is 4.98 Å². The second-order valence-electron chi connectivity index (χ2n) is 8.18. The van der Waals surface area contributed by atoms with E-state index in [0.29, 0.717) is 39.9 Å². The van der Waals surface area contributed by atoms with E-state index in [2.05, 4.69) is 11.9 Å². The van der Waals surface area contributed by atoms with Gasteiger partial charge in [-0.15, -0.1) is 11.3 Å². The molecule has 0 fully saturated rings. The molecule has 1 amide bonds. The SMILES string of the molecule is CCOc1cc(C2C(C(=O)c3sc(C)nc3C)=C(O)C(=O)N2c2ccc(CC)cc2)ccc1OC. The van der Waals surface area contributed by atoms with Gasteiger partial charge in [-0.05, 0) is 62.6 Å². The van der Waals surface area contributed by atoms with Gasteiger partial charge in [0.25, 0.3) is 5.91 Å². The molecule has 1 aliphatic heterocycles. The molecule has 0 saturated heterocycles. The third kappa shape index (κ3) is 4.41. The molecule has 1 N–H and O–H groups in total. The number of aliphatic hydroxyl groups excluding tert-OH is 1. The van der Waals surface area contributed by atoms with Crippen LogP contribution in [0.5, 0.6) is 11.5 Å². The van der Waals surface area contributed by atoms with Crippen LogP contribution < -0.4 is 14.4 Å². The molecule has 0 bridgehead atoms. The Morgan fingerprint density at radius 3 is 2.40 bits per heavy atom. The second kappa shape index (κ2) is 9.92. The Bertz CT molecular complexity index is 1310. The van der Waals surface area contributed by atoms with E-state index in [-0.39, 0.29) is 5.57 Å². The molecule has 0 radical (unpaired) electrons. The molecule has 3 aromatic rings. The number of nitrogens with zero attached hydrogens (tertiary/aromatic N) is 2. The van der Waals surface area contributed by atoms with Crippen LogP contribution in [-0.2, 0) is 11.2 Å². The molecule has 0 spiro atoms. The quantitative estimate of drug-likeness (QED) is 0.417. The van der Waals surface area contributed by atoms with Crippen molar-refractivity contribution in [3.63, 3.8) is 0 Å². The third-order valence-electron chi connectivity index (χ3n) is 5.99. The molecule has 4 rings (SSSR count). The number of anilines is 1. The molecular formula is C27H28N2O5S. The zero-order valence-corrected chi connectivity index (χ0v) is 21.2. The summed E-state index contributed by atoms with van der Waals surface area (Å²) in [5.41, 5.74) is 2.91. The lowest BCUT2D eigenvalue weighted by Gasteiger charge is -2.27. The number of aliphatic hydroxyl groups is 1. The van der Waals surface area contributed by atoms with Crippen molar-refractivity contribution >= 4 is 28.7 Å². The highest BCUT2D eigenvalue weighted by molar-refractivity contribution is 7.14. The molecule has 7 nitrogen and oxygen atoms in total. The van der Waals surface area contributed by atoms with Crippen LogP contribution in [0.4, 0.5) is 5.69 Å². The van der Waals surface area contributed by atoms with Crippen molar-refractivity contribution in [2.75, 3.05) is 18.6 Å². The summed E-state index contributed by atoms with van der Waals surface area (Å²) in [6, 6.07) is 12.0. The molecule has 1 atom stereocenters. The lowest BCUT2D eigenvalue weighted by molar-refractivity contribution is -0.117. The van der Waals surface area contributed by atoms with Crippen LogP contribution in [-0.4, -0.2) is 35.5 Å². The monoisotopic (exact) mass is 492 g/mol. The van der Waals surface area contributed by atoms with Crippen LogP contribution in [0.15, 0.2) is 53.8 Å². The van der Waals surface area contributed by atoms with Gasteiger partial charge in [0.05, 0.1) is 40.9 Å². The van der Waals surface area contributed by atoms with Crippen LogP contribution in [0, 0.1) is 13.8 Å². The number of ketones is 1. The van der Waals surface area contributed by atoms with Crippen molar-refractivity contribution in [1.29, 1.82) is 0 Å². The largest absolute Gasteiger partial charge is 0.503 e. The first-order chi connectivity index (χ1) is 16.8. The molecule has 35 heavy (non-hydrogen) atoms. The second-order valence-corrected chi connectivity index (χ2v) is 9.38. The molecule has 2 aromatic carbocycles. The van der Waals surface area contributed by atoms with Crippen LogP contribution in [0.3, 0.4) is 0 Å². The van der Waals surface area contributed by atoms with Crippen LogP contribution in [0.25, 0.3) is 0 Å². The molecule has 1 aliphatic rings. The van der Waals surface area contributed by atoms with Gasteiger partial charge in [-0.1, -0.05) is 25.1 Å². The van der Waals surface area contributed by atoms with E-state index in [4.69, 9.17) is 9.47 Å². The van der Waals surface area contributed by atoms with Crippen LogP contribution in [0.2, 0.25) is 0 Å². The number of methoxy groups -OCH3 is 1. The maximum Gasteiger partial charge on any atom is 0.294 e. The Balaban J connectivity index is 1.90. The summed E-state index contributed by atoms with van der Waals surface area (Å²) >= 11 is 1.25. The van der Waals surface area contributed by atoms with E-state index in [0.717, 1.165) is 17.0 Å². The standard InChI is InChI=1S/C27H28N2O5S/c1-6-17-8-11-19(12-9-17)29-23(18-10-13-20(33-5)21(14-18)34-7-2)22(25(31)27(29)32)24(30)26-15(3)28-16(4)35-26/h8-14,23,31H,6-7H2,1-5H3. The van der Waals surface area contributed by atoms with Crippen molar-refractivity contribution in [2.45, 2.75) is 40.2 Å². The Labute approximate surface area is 208 Å². The van der Waals surface area contributed by atoms with Gasteiger partial charge < -0.3 is 14.6 Å². The van der Waals surface area contributed by atoms with Gasteiger partial charge in [0.2, 0.25) is 5.78 Å². The summed E-state index contributed by atoms with van der Waals surface area (Å²) in [7, 11) is 1.55. The minimum Gasteiger partial charge on any atom is -0.503 e. The molecule has 1 aromatic heterocycles. The maximum atomic E-state index is 13.7. The number of aryl methyl sites for hydroxylation is 3. The number of thiazole rings is 1. The lowest BCUT2D eigenvalue weighted by Crippen LogP contribution is -2.31. The fourth-order valence-corrected chi connectivity index (χ4v) is 5.18. The smallest absolute Gasteiger partial charge is 0.294 e. The van der Waals surface area contributed by atoms with E-state index >= 15 is 0 Å². The number of aromatic nitrogens is 1. The minimum atomic E-state index is -0.852.